The summed E-state index contributed by atoms with van der Waals surface area (Å²) in [4.78, 5) is 2.04. The van der Waals surface area contributed by atoms with E-state index in [1.54, 1.807) is 24.3 Å². The van der Waals surface area contributed by atoms with Crippen molar-refractivity contribution in [3.8, 4) is 0 Å². The number of halogens is 2. The lowest BCUT2D eigenvalue weighted by Crippen LogP contribution is -2.46. The standard InChI is InChI=1S/C22H27F2NO2/c1-25(2)14-18-13-21(27-15-16-6-8-19(23)9-7-16)10-11-22(18,26)17-4-3-5-20(24)12-17/h3-9,12,18,21,26H,10-11,13-15H2,1-2H3. The molecule has 0 amide bonds. The SMILES string of the molecule is CN(C)CC1CC(OCc2ccc(F)cc2)CCC1(O)c1cccc(F)c1. The topological polar surface area (TPSA) is 32.7 Å². The lowest BCUT2D eigenvalue weighted by atomic mass is 9.70. The summed E-state index contributed by atoms with van der Waals surface area (Å²) in [6.45, 7) is 1.10. The van der Waals surface area contributed by atoms with Gasteiger partial charge in [-0.05, 0) is 68.8 Å². The Morgan fingerprint density at radius 1 is 1.11 bits per heavy atom. The fraction of sp³-hybridized carbons (Fsp3) is 0.455. The van der Waals surface area contributed by atoms with Crippen molar-refractivity contribution < 1.29 is 18.6 Å². The smallest absolute Gasteiger partial charge is 0.123 e. The molecule has 0 aliphatic heterocycles. The van der Waals surface area contributed by atoms with Crippen molar-refractivity contribution in [2.24, 2.45) is 5.92 Å². The molecule has 0 spiro atoms. The van der Waals surface area contributed by atoms with Crippen LogP contribution in [0, 0.1) is 17.6 Å². The third-order valence-corrected chi connectivity index (χ3v) is 5.38. The molecule has 3 nitrogen and oxygen atoms in total. The van der Waals surface area contributed by atoms with Crippen LogP contribution in [0.4, 0.5) is 8.78 Å². The fourth-order valence-electron chi connectivity index (χ4n) is 3.97. The first-order valence-corrected chi connectivity index (χ1v) is 9.36. The molecule has 1 N–H and O–H groups in total. The molecule has 0 saturated heterocycles. The van der Waals surface area contributed by atoms with Crippen LogP contribution < -0.4 is 0 Å². The summed E-state index contributed by atoms with van der Waals surface area (Å²) < 4.78 is 32.8. The van der Waals surface area contributed by atoms with Gasteiger partial charge in [-0.2, -0.15) is 0 Å². The monoisotopic (exact) mass is 375 g/mol. The van der Waals surface area contributed by atoms with Crippen LogP contribution in [0.5, 0.6) is 0 Å². The van der Waals surface area contributed by atoms with E-state index in [1.165, 1.54) is 24.3 Å². The van der Waals surface area contributed by atoms with Crippen molar-refractivity contribution in [1.82, 2.24) is 4.90 Å². The molecule has 0 radical (unpaired) electrons. The van der Waals surface area contributed by atoms with Crippen LogP contribution >= 0.6 is 0 Å². The summed E-state index contributed by atoms with van der Waals surface area (Å²) in [5.74, 6) is -0.664. The highest BCUT2D eigenvalue weighted by molar-refractivity contribution is 5.25. The van der Waals surface area contributed by atoms with Crippen LogP contribution in [0.3, 0.4) is 0 Å². The molecule has 5 heteroatoms. The number of nitrogens with zero attached hydrogens (tertiary/aromatic N) is 1. The van der Waals surface area contributed by atoms with Crippen molar-refractivity contribution in [3.63, 3.8) is 0 Å². The largest absolute Gasteiger partial charge is 0.385 e. The minimum atomic E-state index is -1.07. The number of rotatable bonds is 6. The molecule has 1 fully saturated rings. The van der Waals surface area contributed by atoms with E-state index in [9.17, 15) is 13.9 Å². The van der Waals surface area contributed by atoms with Gasteiger partial charge in [0.25, 0.3) is 0 Å². The van der Waals surface area contributed by atoms with Crippen LogP contribution in [0.1, 0.15) is 30.4 Å². The zero-order chi connectivity index (χ0) is 19.4. The number of benzene rings is 2. The maximum atomic E-state index is 13.7. The number of hydrogen-bond donors (Lipinski definition) is 1. The predicted molar refractivity (Wildman–Crippen MR) is 101 cm³/mol. The summed E-state index contributed by atoms with van der Waals surface area (Å²) in [5, 5.41) is 11.4. The van der Waals surface area contributed by atoms with E-state index in [-0.39, 0.29) is 23.7 Å². The molecule has 1 aliphatic carbocycles. The van der Waals surface area contributed by atoms with Crippen LogP contribution in [0.2, 0.25) is 0 Å². The Bertz CT molecular complexity index is 750. The predicted octanol–water partition coefficient (Wildman–Crippen LogP) is 4.10. The summed E-state index contributed by atoms with van der Waals surface area (Å²) in [6.07, 6.45) is 1.90. The molecule has 2 aromatic carbocycles. The molecule has 0 heterocycles. The zero-order valence-corrected chi connectivity index (χ0v) is 15.9. The van der Waals surface area contributed by atoms with Gasteiger partial charge in [-0.1, -0.05) is 24.3 Å². The average Bonchev–Trinajstić information content (AvgIpc) is 2.63. The van der Waals surface area contributed by atoms with Gasteiger partial charge in [0.2, 0.25) is 0 Å². The molecular formula is C22H27F2NO2. The first kappa shape index (κ1) is 19.9. The fourth-order valence-corrected chi connectivity index (χ4v) is 3.97. The van der Waals surface area contributed by atoms with Gasteiger partial charge in [0, 0.05) is 12.5 Å². The summed E-state index contributed by atoms with van der Waals surface area (Å²) in [5.41, 5.74) is 0.486. The maximum Gasteiger partial charge on any atom is 0.123 e. The molecule has 3 rings (SSSR count). The molecule has 3 unspecified atom stereocenters. The van der Waals surface area contributed by atoms with Crippen LogP contribution in [0.15, 0.2) is 48.5 Å². The van der Waals surface area contributed by atoms with E-state index in [1.807, 2.05) is 19.0 Å². The Balaban J connectivity index is 1.71. The van der Waals surface area contributed by atoms with Gasteiger partial charge in [-0.3, -0.25) is 0 Å². The van der Waals surface area contributed by atoms with Gasteiger partial charge < -0.3 is 14.7 Å². The lowest BCUT2D eigenvalue weighted by molar-refractivity contribution is -0.110. The molecule has 27 heavy (non-hydrogen) atoms. The van der Waals surface area contributed by atoms with E-state index >= 15 is 0 Å². The maximum absolute atomic E-state index is 13.7. The molecular weight excluding hydrogens is 348 g/mol. The minimum absolute atomic E-state index is 0.00818. The number of aliphatic hydroxyl groups is 1. The summed E-state index contributed by atoms with van der Waals surface area (Å²) in [7, 11) is 3.93. The second kappa shape index (κ2) is 8.46. The third kappa shape index (κ3) is 4.92. The van der Waals surface area contributed by atoms with Crippen LogP contribution in [0.25, 0.3) is 0 Å². The van der Waals surface area contributed by atoms with Crippen molar-refractivity contribution >= 4 is 0 Å². The Morgan fingerprint density at radius 2 is 1.85 bits per heavy atom. The van der Waals surface area contributed by atoms with Gasteiger partial charge in [0.1, 0.15) is 11.6 Å². The van der Waals surface area contributed by atoms with Crippen molar-refractivity contribution in [2.45, 2.75) is 37.6 Å². The van der Waals surface area contributed by atoms with Gasteiger partial charge >= 0.3 is 0 Å². The van der Waals surface area contributed by atoms with E-state index < -0.39 is 5.60 Å². The zero-order valence-electron chi connectivity index (χ0n) is 15.9. The number of ether oxygens (including phenoxy) is 1. The van der Waals surface area contributed by atoms with Crippen molar-refractivity contribution in [2.75, 3.05) is 20.6 Å². The Hall–Kier alpha value is -1.82. The van der Waals surface area contributed by atoms with Crippen LogP contribution in [-0.4, -0.2) is 36.8 Å². The van der Waals surface area contributed by atoms with E-state index in [4.69, 9.17) is 4.74 Å². The molecule has 1 saturated carbocycles. The molecule has 146 valence electrons. The van der Waals surface area contributed by atoms with Gasteiger partial charge in [0.05, 0.1) is 18.3 Å². The first-order valence-electron chi connectivity index (χ1n) is 9.36. The second-order valence-corrected chi connectivity index (χ2v) is 7.73. The van der Waals surface area contributed by atoms with Gasteiger partial charge in [-0.15, -0.1) is 0 Å². The van der Waals surface area contributed by atoms with Crippen molar-refractivity contribution in [3.05, 3.63) is 71.3 Å². The average molecular weight is 375 g/mol. The van der Waals surface area contributed by atoms with E-state index in [0.717, 1.165) is 5.56 Å². The van der Waals surface area contributed by atoms with Crippen molar-refractivity contribution in [1.29, 1.82) is 0 Å². The minimum Gasteiger partial charge on any atom is -0.385 e. The Kier molecular flexibility index (Phi) is 6.25. The normalized spacial score (nSPS) is 25.7. The van der Waals surface area contributed by atoms with Gasteiger partial charge in [0.15, 0.2) is 0 Å². The second-order valence-electron chi connectivity index (χ2n) is 7.73. The Labute approximate surface area is 159 Å². The molecule has 0 bridgehead atoms. The third-order valence-electron chi connectivity index (χ3n) is 5.38. The molecule has 1 aliphatic rings. The van der Waals surface area contributed by atoms with E-state index in [0.29, 0.717) is 38.0 Å². The highest BCUT2D eigenvalue weighted by atomic mass is 19.1. The molecule has 3 atom stereocenters. The van der Waals surface area contributed by atoms with Crippen LogP contribution in [-0.2, 0) is 16.9 Å². The van der Waals surface area contributed by atoms with Gasteiger partial charge in [-0.25, -0.2) is 8.78 Å². The number of hydrogen-bond acceptors (Lipinski definition) is 3. The first-order chi connectivity index (χ1) is 12.9. The quantitative estimate of drug-likeness (QED) is 0.825. The molecule has 2 aromatic rings. The summed E-state index contributed by atoms with van der Waals surface area (Å²) in [6, 6.07) is 12.6. The summed E-state index contributed by atoms with van der Waals surface area (Å²) >= 11 is 0. The highest BCUT2D eigenvalue weighted by Gasteiger charge is 2.44. The lowest BCUT2D eigenvalue weighted by Gasteiger charge is -2.44. The Morgan fingerprint density at radius 3 is 2.52 bits per heavy atom. The molecule has 0 aromatic heterocycles. The van der Waals surface area contributed by atoms with E-state index in [2.05, 4.69) is 0 Å². The highest BCUT2D eigenvalue weighted by Crippen LogP contribution is 2.43.